The van der Waals surface area contributed by atoms with Crippen LogP contribution >= 0.6 is 24.8 Å². The van der Waals surface area contributed by atoms with E-state index >= 15 is 0 Å². The van der Waals surface area contributed by atoms with Crippen molar-refractivity contribution >= 4 is 30.7 Å². The Morgan fingerprint density at radius 3 is 2.76 bits per heavy atom. The molecule has 1 amide bonds. The van der Waals surface area contributed by atoms with E-state index in [1.807, 2.05) is 18.2 Å². The largest absolute Gasteiger partial charge is 0.350 e. The third kappa shape index (κ3) is 4.17. The number of rotatable bonds is 4. The maximum atomic E-state index is 12.0. The summed E-state index contributed by atoms with van der Waals surface area (Å²) in [7, 11) is 0. The molecule has 0 bridgehead atoms. The first kappa shape index (κ1) is 17.4. The van der Waals surface area contributed by atoms with Gasteiger partial charge >= 0.3 is 0 Å². The van der Waals surface area contributed by atoms with Crippen LogP contribution in [0.2, 0.25) is 0 Å². The number of nitrogens with one attached hydrogen (secondary N) is 2. The Morgan fingerprint density at radius 2 is 2.14 bits per heavy atom. The smallest absolute Gasteiger partial charge is 0.269 e. The summed E-state index contributed by atoms with van der Waals surface area (Å²) in [5.74, 6) is 1.04. The fourth-order valence-electron chi connectivity index (χ4n) is 1.90. The lowest BCUT2D eigenvalue weighted by atomic mass is 10.0. The molecule has 6 nitrogen and oxygen atoms in total. The molecule has 0 atom stereocenters. The Bertz CT molecular complexity index is 572. The topological polar surface area (TPSA) is 71.8 Å². The number of aromatic nitrogens is 3. The quantitative estimate of drug-likeness (QED) is 0.879. The average Bonchev–Trinajstić information content (AvgIpc) is 2.91. The molecule has 0 unspecified atom stereocenters. The summed E-state index contributed by atoms with van der Waals surface area (Å²) >= 11 is 0. The molecule has 0 aromatic carbocycles. The van der Waals surface area contributed by atoms with Crippen molar-refractivity contribution in [3.05, 3.63) is 42.4 Å². The monoisotopic (exact) mass is 329 g/mol. The zero-order valence-corrected chi connectivity index (χ0v) is 12.9. The molecule has 2 aromatic heterocycles. The fraction of sp³-hybridized carbons (Fsp3) is 0.308. The number of carbonyl (C=O) groups is 1. The van der Waals surface area contributed by atoms with Gasteiger partial charge in [-0.3, -0.25) is 4.79 Å². The second-order valence-corrected chi connectivity index (χ2v) is 4.57. The van der Waals surface area contributed by atoms with Gasteiger partial charge in [-0.15, -0.1) is 24.8 Å². The van der Waals surface area contributed by atoms with Crippen LogP contribution in [0.15, 0.2) is 36.7 Å². The van der Waals surface area contributed by atoms with Gasteiger partial charge in [0.25, 0.3) is 5.91 Å². The molecule has 2 N–H and O–H groups in total. The van der Waals surface area contributed by atoms with E-state index in [4.69, 9.17) is 0 Å². The van der Waals surface area contributed by atoms with E-state index < -0.39 is 0 Å². The van der Waals surface area contributed by atoms with Gasteiger partial charge in [0.2, 0.25) is 0 Å². The van der Waals surface area contributed by atoms with Gasteiger partial charge < -0.3 is 10.6 Å². The second-order valence-electron chi connectivity index (χ2n) is 4.57. The van der Waals surface area contributed by atoms with Crippen molar-refractivity contribution in [1.29, 1.82) is 0 Å². The molecule has 2 aromatic rings. The lowest BCUT2D eigenvalue weighted by Crippen LogP contribution is -2.48. The van der Waals surface area contributed by atoms with Crippen molar-refractivity contribution in [2.75, 3.05) is 19.6 Å². The number of nitrogens with zero attached hydrogens (tertiary/aromatic N) is 3. The number of halogens is 2. The Morgan fingerprint density at radius 1 is 1.33 bits per heavy atom. The maximum absolute atomic E-state index is 12.0. The number of hydrogen-bond acceptors (Lipinski definition) is 4. The highest BCUT2D eigenvalue weighted by atomic mass is 35.5. The predicted molar refractivity (Wildman–Crippen MR) is 84.5 cm³/mol. The molecule has 0 saturated carbocycles. The van der Waals surface area contributed by atoms with E-state index in [2.05, 4.69) is 20.7 Å². The van der Waals surface area contributed by atoms with E-state index in [9.17, 15) is 4.79 Å². The predicted octanol–water partition coefficient (Wildman–Crippen LogP) is 1.06. The average molecular weight is 330 g/mol. The highest BCUT2D eigenvalue weighted by molar-refractivity contribution is 5.92. The number of amides is 1. The summed E-state index contributed by atoms with van der Waals surface area (Å²) < 4.78 is 1.63. The molecule has 3 heterocycles. The molecule has 1 saturated heterocycles. The van der Waals surface area contributed by atoms with Crippen molar-refractivity contribution in [3.8, 4) is 5.82 Å². The van der Waals surface area contributed by atoms with Gasteiger partial charge in [0.15, 0.2) is 5.82 Å². The van der Waals surface area contributed by atoms with Crippen LogP contribution in [0.5, 0.6) is 0 Å². The van der Waals surface area contributed by atoms with Crippen LogP contribution < -0.4 is 10.6 Å². The van der Waals surface area contributed by atoms with E-state index in [0.717, 1.165) is 13.1 Å². The molecule has 0 radical (unpaired) electrons. The van der Waals surface area contributed by atoms with Crippen molar-refractivity contribution in [3.63, 3.8) is 0 Å². The number of pyridine rings is 1. The van der Waals surface area contributed by atoms with Crippen LogP contribution in [0.1, 0.15) is 10.5 Å². The number of carbonyl (C=O) groups excluding carboxylic acids is 1. The number of hydrogen-bond donors (Lipinski definition) is 2. The molecular weight excluding hydrogens is 313 g/mol. The Balaban J connectivity index is 0.00000110. The third-order valence-corrected chi connectivity index (χ3v) is 3.12. The summed E-state index contributed by atoms with van der Waals surface area (Å²) in [4.78, 5) is 16.3. The van der Waals surface area contributed by atoms with E-state index in [-0.39, 0.29) is 30.7 Å². The van der Waals surface area contributed by atoms with Crippen LogP contribution in [-0.4, -0.2) is 40.3 Å². The standard InChI is InChI=1S/C13H15N5O.2ClH/c19-13(15-9-10-7-14-8-10)11-3-1-4-12(17-11)18-6-2-5-16-18;;/h1-6,10,14H,7-9H2,(H,15,19);2*1H. The highest BCUT2D eigenvalue weighted by Crippen LogP contribution is 2.05. The first-order chi connectivity index (χ1) is 9.33. The lowest BCUT2D eigenvalue weighted by Gasteiger charge is -2.26. The molecule has 8 heteroatoms. The molecule has 0 spiro atoms. The zero-order chi connectivity index (χ0) is 13.1. The normalized spacial score (nSPS) is 13.5. The Kier molecular flexibility index (Phi) is 6.61. The zero-order valence-electron chi connectivity index (χ0n) is 11.2. The molecule has 21 heavy (non-hydrogen) atoms. The van der Waals surface area contributed by atoms with Gasteiger partial charge in [0, 0.05) is 37.9 Å². The van der Waals surface area contributed by atoms with Crippen LogP contribution in [0.25, 0.3) is 5.82 Å². The van der Waals surface area contributed by atoms with Crippen LogP contribution in [0.3, 0.4) is 0 Å². The van der Waals surface area contributed by atoms with E-state index in [0.29, 0.717) is 24.0 Å². The molecule has 3 rings (SSSR count). The van der Waals surface area contributed by atoms with Crippen molar-refractivity contribution in [2.24, 2.45) is 5.92 Å². The fourth-order valence-corrected chi connectivity index (χ4v) is 1.90. The van der Waals surface area contributed by atoms with Gasteiger partial charge in [-0.05, 0) is 18.2 Å². The summed E-state index contributed by atoms with van der Waals surface area (Å²) in [6.07, 6.45) is 3.47. The van der Waals surface area contributed by atoms with Gasteiger partial charge in [-0.2, -0.15) is 5.10 Å². The molecule has 1 fully saturated rings. The van der Waals surface area contributed by atoms with Crippen LogP contribution in [-0.2, 0) is 0 Å². The Labute approximate surface area is 135 Å². The van der Waals surface area contributed by atoms with Crippen molar-refractivity contribution < 1.29 is 4.79 Å². The minimum Gasteiger partial charge on any atom is -0.350 e. The van der Waals surface area contributed by atoms with E-state index in [1.165, 1.54) is 0 Å². The first-order valence-electron chi connectivity index (χ1n) is 6.29. The van der Waals surface area contributed by atoms with Gasteiger partial charge in [0.1, 0.15) is 5.69 Å². The third-order valence-electron chi connectivity index (χ3n) is 3.12. The van der Waals surface area contributed by atoms with Gasteiger partial charge in [0.05, 0.1) is 0 Å². The van der Waals surface area contributed by atoms with Crippen LogP contribution in [0, 0.1) is 5.92 Å². The molecule has 1 aliphatic heterocycles. The summed E-state index contributed by atoms with van der Waals surface area (Å²) in [6.45, 7) is 2.64. The SMILES string of the molecule is Cl.Cl.O=C(NCC1CNC1)c1cccc(-n2cccn2)n1. The van der Waals surface area contributed by atoms with E-state index in [1.54, 1.807) is 23.1 Å². The minimum absolute atomic E-state index is 0. The summed E-state index contributed by atoms with van der Waals surface area (Å²) in [5, 5.41) is 10.2. The van der Waals surface area contributed by atoms with Crippen molar-refractivity contribution in [2.45, 2.75) is 0 Å². The van der Waals surface area contributed by atoms with Crippen LogP contribution in [0.4, 0.5) is 0 Å². The molecular formula is C13H17Cl2N5O. The summed E-state index contributed by atoms with van der Waals surface area (Å²) in [5.41, 5.74) is 0.417. The minimum atomic E-state index is -0.138. The van der Waals surface area contributed by atoms with Gasteiger partial charge in [-0.25, -0.2) is 9.67 Å². The first-order valence-corrected chi connectivity index (χ1v) is 6.29. The van der Waals surface area contributed by atoms with Crippen molar-refractivity contribution in [1.82, 2.24) is 25.4 Å². The molecule has 114 valence electrons. The van der Waals surface area contributed by atoms with Gasteiger partial charge in [-0.1, -0.05) is 6.07 Å². The maximum Gasteiger partial charge on any atom is 0.269 e. The summed E-state index contributed by atoms with van der Waals surface area (Å²) in [6, 6.07) is 7.16. The highest BCUT2D eigenvalue weighted by Gasteiger charge is 2.18. The lowest BCUT2D eigenvalue weighted by molar-refractivity contribution is 0.0937. The second kappa shape index (κ2) is 7.97. The molecule has 0 aliphatic carbocycles. The molecule has 1 aliphatic rings. The Hall–Kier alpha value is -1.63.